The van der Waals surface area contributed by atoms with E-state index < -0.39 is 48.2 Å². The lowest BCUT2D eigenvalue weighted by atomic mass is 9.97. The summed E-state index contributed by atoms with van der Waals surface area (Å²) in [6.45, 7) is 1.41. The lowest BCUT2D eigenvalue weighted by Gasteiger charge is -2.44. The second-order valence-corrected chi connectivity index (χ2v) is 7.05. The van der Waals surface area contributed by atoms with Crippen LogP contribution in [0, 0.1) is 0 Å². The Kier molecular flexibility index (Phi) is 4.93. The van der Waals surface area contributed by atoms with E-state index in [0.717, 1.165) is 4.90 Å². The van der Waals surface area contributed by atoms with E-state index in [4.69, 9.17) is 4.74 Å². The van der Waals surface area contributed by atoms with Gasteiger partial charge in [0.1, 0.15) is 29.8 Å². The second-order valence-electron chi connectivity index (χ2n) is 5.68. The summed E-state index contributed by atoms with van der Waals surface area (Å²) in [6, 6.07) is 5.41. The van der Waals surface area contributed by atoms with Gasteiger partial charge in [0.05, 0.1) is 17.7 Å². The fraction of sp³-hybridized carbons (Fsp3) is 0.500. The molecule has 5 unspecified atom stereocenters. The number of hydrogen-bond donors (Lipinski definition) is 3. The first-order valence-electron chi connectivity index (χ1n) is 7.72. The number of hydrogen-bond acceptors (Lipinski definition) is 7. The van der Waals surface area contributed by atoms with Gasteiger partial charge in [-0.25, -0.2) is 0 Å². The lowest BCUT2D eigenvalue weighted by molar-refractivity contribution is -0.181. The molecule has 1 fully saturated rings. The summed E-state index contributed by atoms with van der Waals surface area (Å²) >= 11 is 1.30. The Morgan fingerprint density at radius 1 is 1.12 bits per heavy atom. The number of aliphatic hydroxyl groups is 3. The molecule has 0 bridgehead atoms. The Balaban J connectivity index is 1.97. The van der Waals surface area contributed by atoms with E-state index in [1.165, 1.54) is 11.8 Å². The van der Waals surface area contributed by atoms with Crippen LogP contribution in [0.1, 0.15) is 27.6 Å². The maximum atomic E-state index is 12.7. The Morgan fingerprint density at radius 3 is 2.21 bits per heavy atom. The van der Waals surface area contributed by atoms with Crippen molar-refractivity contribution in [3.8, 4) is 0 Å². The van der Waals surface area contributed by atoms with Gasteiger partial charge in [-0.1, -0.05) is 19.1 Å². The summed E-state index contributed by atoms with van der Waals surface area (Å²) in [7, 11) is 0. The molecule has 8 heteroatoms. The molecular weight excluding hydrogens is 334 g/mol. The minimum atomic E-state index is -1.40. The van der Waals surface area contributed by atoms with Crippen molar-refractivity contribution >= 4 is 23.6 Å². The van der Waals surface area contributed by atoms with Crippen LogP contribution >= 0.6 is 11.8 Å². The molecule has 0 aromatic heterocycles. The molecule has 1 aromatic carbocycles. The molecule has 0 radical (unpaired) electrons. The fourth-order valence-electron chi connectivity index (χ4n) is 3.12. The first-order valence-corrected chi connectivity index (χ1v) is 8.77. The average molecular weight is 353 g/mol. The van der Waals surface area contributed by atoms with Gasteiger partial charge in [0.15, 0.2) is 0 Å². The van der Waals surface area contributed by atoms with Gasteiger partial charge in [-0.3, -0.25) is 14.5 Å². The zero-order valence-corrected chi connectivity index (χ0v) is 13.8. The molecule has 2 amide bonds. The van der Waals surface area contributed by atoms with Crippen LogP contribution in [0.5, 0.6) is 0 Å². The number of nitrogens with zero attached hydrogens (tertiary/aromatic N) is 1. The topological polar surface area (TPSA) is 107 Å². The molecule has 0 spiro atoms. The van der Waals surface area contributed by atoms with Crippen LogP contribution in [-0.2, 0) is 4.74 Å². The van der Waals surface area contributed by atoms with Gasteiger partial charge in [-0.15, -0.1) is 11.8 Å². The van der Waals surface area contributed by atoms with Gasteiger partial charge < -0.3 is 20.1 Å². The van der Waals surface area contributed by atoms with Crippen molar-refractivity contribution in [2.24, 2.45) is 0 Å². The number of aliphatic hydroxyl groups excluding tert-OH is 3. The van der Waals surface area contributed by atoms with Crippen LogP contribution in [-0.4, -0.2) is 74.2 Å². The van der Waals surface area contributed by atoms with Crippen LogP contribution in [0.25, 0.3) is 0 Å². The third-order valence-corrected chi connectivity index (χ3v) is 5.35. The molecule has 2 heterocycles. The highest BCUT2D eigenvalue weighted by molar-refractivity contribution is 7.99. The highest BCUT2D eigenvalue weighted by Gasteiger charge is 2.52. The number of carbonyl (C=O) groups excluding carboxylic acids is 2. The van der Waals surface area contributed by atoms with Gasteiger partial charge >= 0.3 is 0 Å². The van der Waals surface area contributed by atoms with E-state index in [0.29, 0.717) is 5.75 Å². The first kappa shape index (κ1) is 17.4. The van der Waals surface area contributed by atoms with Crippen LogP contribution in [0.15, 0.2) is 24.3 Å². The van der Waals surface area contributed by atoms with Crippen molar-refractivity contribution in [3.63, 3.8) is 0 Å². The molecule has 3 rings (SSSR count). The Bertz CT molecular complexity index is 618. The molecule has 0 saturated carbocycles. The monoisotopic (exact) mass is 353 g/mol. The zero-order chi connectivity index (χ0) is 17.4. The minimum absolute atomic E-state index is 0.272. The molecule has 7 nitrogen and oxygen atoms in total. The number of thioether (sulfide) groups is 1. The fourth-order valence-corrected chi connectivity index (χ4v) is 4.15. The highest BCUT2D eigenvalue weighted by Crippen LogP contribution is 2.35. The standard InChI is InChI=1S/C16H19NO6S/c1-2-24-16-11(13(20)12(19)10(7-18)23-16)17-14(21)8-5-3-4-6-9(8)15(17)22/h3-6,10-13,16,18-20H,2,7H2,1H3. The van der Waals surface area contributed by atoms with Crippen LogP contribution in [0.2, 0.25) is 0 Å². The summed E-state index contributed by atoms with van der Waals surface area (Å²) in [5, 5.41) is 30.0. The predicted octanol–water partition coefficient (Wildman–Crippen LogP) is -0.157. The average Bonchev–Trinajstić information content (AvgIpc) is 2.83. The van der Waals surface area contributed by atoms with Crippen LogP contribution < -0.4 is 0 Å². The SMILES string of the molecule is CCSC1OC(CO)C(O)C(O)C1N1C(=O)c2ccccc2C1=O. The van der Waals surface area contributed by atoms with Crippen molar-refractivity contribution in [3.05, 3.63) is 35.4 Å². The largest absolute Gasteiger partial charge is 0.394 e. The second kappa shape index (κ2) is 6.81. The summed E-state index contributed by atoms with van der Waals surface area (Å²) in [4.78, 5) is 26.3. The summed E-state index contributed by atoms with van der Waals surface area (Å²) < 4.78 is 5.64. The van der Waals surface area contributed by atoms with Crippen molar-refractivity contribution in [2.75, 3.05) is 12.4 Å². The molecular formula is C16H19NO6S. The molecule has 3 N–H and O–H groups in total. The maximum Gasteiger partial charge on any atom is 0.262 e. The number of benzene rings is 1. The molecule has 2 aliphatic rings. The number of amides is 2. The Hall–Kier alpha value is -1.45. The number of carbonyl (C=O) groups is 2. The Morgan fingerprint density at radius 2 is 1.71 bits per heavy atom. The Labute approximate surface area is 143 Å². The van der Waals surface area contributed by atoms with E-state index in [2.05, 4.69) is 0 Å². The van der Waals surface area contributed by atoms with E-state index in [1.807, 2.05) is 6.92 Å². The summed E-state index contributed by atoms with van der Waals surface area (Å²) in [5.74, 6) is -0.412. The van der Waals surface area contributed by atoms with Crippen molar-refractivity contribution in [1.82, 2.24) is 4.90 Å². The molecule has 2 aliphatic heterocycles. The smallest absolute Gasteiger partial charge is 0.262 e. The summed E-state index contributed by atoms with van der Waals surface area (Å²) in [6.07, 6.45) is -3.75. The third kappa shape index (κ3) is 2.64. The molecule has 0 aliphatic carbocycles. The van der Waals surface area contributed by atoms with E-state index in [-0.39, 0.29) is 11.1 Å². The van der Waals surface area contributed by atoms with Gasteiger partial charge in [-0.2, -0.15) is 0 Å². The lowest BCUT2D eigenvalue weighted by Crippen LogP contribution is -2.64. The van der Waals surface area contributed by atoms with Crippen LogP contribution in [0.4, 0.5) is 0 Å². The zero-order valence-electron chi connectivity index (χ0n) is 13.0. The number of ether oxygens (including phenoxy) is 1. The van der Waals surface area contributed by atoms with Crippen molar-refractivity contribution in [1.29, 1.82) is 0 Å². The molecule has 24 heavy (non-hydrogen) atoms. The third-order valence-electron chi connectivity index (χ3n) is 4.30. The van der Waals surface area contributed by atoms with E-state index in [9.17, 15) is 24.9 Å². The van der Waals surface area contributed by atoms with Crippen molar-refractivity contribution < 1.29 is 29.6 Å². The predicted molar refractivity (Wildman–Crippen MR) is 86.6 cm³/mol. The quantitative estimate of drug-likeness (QED) is 0.646. The summed E-state index contributed by atoms with van der Waals surface area (Å²) in [5.41, 5.74) is -0.185. The van der Waals surface area contributed by atoms with E-state index >= 15 is 0 Å². The number of imide groups is 1. The van der Waals surface area contributed by atoms with E-state index in [1.54, 1.807) is 24.3 Å². The van der Waals surface area contributed by atoms with Gasteiger partial charge in [-0.05, 0) is 17.9 Å². The highest BCUT2D eigenvalue weighted by atomic mass is 32.2. The first-order chi connectivity index (χ1) is 11.5. The normalized spacial score (nSPS) is 33.0. The molecule has 5 atom stereocenters. The minimum Gasteiger partial charge on any atom is -0.394 e. The molecule has 130 valence electrons. The van der Waals surface area contributed by atoms with Gasteiger partial charge in [0.25, 0.3) is 11.8 Å². The van der Waals surface area contributed by atoms with Crippen molar-refractivity contribution in [2.45, 2.75) is 36.7 Å². The molecule has 1 aromatic rings. The van der Waals surface area contributed by atoms with Crippen LogP contribution in [0.3, 0.4) is 0 Å². The number of rotatable bonds is 4. The maximum absolute atomic E-state index is 12.7. The van der Waals surface area contributed by atoms with Gasteiger partial charge in [0.2, 0.25) is 0 Å². The molecule has 1 saturated heterocycles. The van der Waals surface area contributed by atoms with Gasteiger partial charge in [0, 0.05) is 0 Å². The number of fused-ring (bicyclic) bond motifs is 1.